The molecule has 0 radical (unpaired) electrons. The van der Waals surface area contributed by atoms with Crippen molar-refractivity contribution in [1.29, 1.82) is 0 Å². The molecule has 0 aliphatic carbocycles. The Labute approximate surface area is 149 Å². The maximum absolute atomic E-state index is 13.7. The predicted molar refractivity (Wildman–Crippen MR) is 95.7 cm³/mol. The van der Waals surface area contributed by atoms with Gasteiger partial charge in [0.25, 0.3) is 0 Å². The van der Waals surface area contributed by atoms with Crippen molar-refractivity contribution < 1.29 is 18.7 Å². The van der Waals surface area contributed by atoms with Gasteiger partial charge in [0.1, 0.15) is 11.6 Å². The van der Waals surface area contributed by atoms with E-state index >= 15 is 0 Å². The fourth-order valence-electron chi connectivity index (χ4n) is 3.84. The third kappa shape index (κ3) is 2.84. The highest BCUT2D eigenvalue weighted by molar-refractivity contribution is 6.08. The number of carbonyl (C=O) groups excluding carboxylic acids is 1. The summed E-state index contributed by atoms with van der Waals surface area (Å²) in [4.78, 5) is 13.8. The first kappa shape index (κ1) is 17.0. The third-order valence-electron chi connectivity index (χ3n) is 5.18. The van der Waals surface area contributed by atoms with Crippen molar-refractivity contribution in [1.82, 2.24) is 9.47 Å². The quantitative estimate of drug-likeness (QED) is 0.778. The molecule has 3 aromatic rings. The molecule has 1 aliphatic rings. The standard InChI is InChI=1S/C20H20F2N2O2/c1-12-6-7-23(20(12)26)10-15(25)11-24-18-4-2-13(21)8-16(18)17-9-14(22)3-5-19(17)24/h2-5,8-9,12,15,25H,6-7,10-11H2,1H3/t12-,15-/m0/s1. The highest BCUT2D eigenvalue weighted by atomic mass is 19.1. The van der Waals surface area contributed by atoms with Gasteiger partial charge in [0.2, 0.25) is 5.91 Å². The van der Waals surface area contributed by atoms with Gasteiger partial charge in [-0.25, -0.2) is 8.78 Å². The zero-order chi connectivity index (χ0) is 18.4. The summed E-state index contributed by atoms with van der Waals surface area (Å²) in [5.41, 5.74) is 1.46. The number of aliphatic hydroxyl groups is 1. The number of aromatic nitrogens is 1. The summed E-state index contributed by atoms with van der Waals surface area (Å²) < 4.78 is 29.2. The van der Waals surface area contributed by atoms with Crippen LogP contribution in [0.2, 0.25) is 0 Å². The fraction of sp³-hybridized carbons (Fsp3) is 0.350. The van der Waals surface area contributed by atoms with E-state index in [-0.39, 0.29) is 24.9 Å². The minimum Gasteiger partial charge on any atom is -0.389 e. The third-order valence-corrected chi connectivity index (χ3v) is 5.18. The lowest BCUT2D eigenvalue weighted by Gasteiger charge is -2.21. The number of halogens is 2. The number of aliphatic hydroxyl groups excluding tert-OH is 1. The van der Waals surface area contributed by atoms with E-state index in [1.54, 1.807) is 17.0 Å². The van der Waals surface area contributed by atoms with Crippen LogP contribution in [-0.2, 0) is 11.3 Å². The normalized spacial score (nSPS) is 19.0. The molecule has 136 valence electrons. The summed E-state index contributed by atoms with van der Waals surface area (Å²) in [6, 6.07) is 8.74. The number of amides is 1. The van der Waals surface area contributed by atoms with Gasteiger partial charge in [-0.1, -0.05) is 6.92 Å². The molecule has 1 aromatic heterocycles. The topological polar surface area (TPSA) is 45.5 Å². The summed E-state index contributed by atoms with van der Waals surface area (Å²) in [6.45, 7) is 3.05. The minimum atomic E-state index is -0.766. The Kier molecular flexibility index (Phi) is 4.15. The number of nitrogens with zero attached hydrogens (tertiary/aromatic N) is 2. The molecule has 2 aromatic carbocycles. The first-order valence-corrected chi connectivity index (χ1v) is 8.78. The van der Waals surface area contributed by atoms with Crippen LogP contribution in [0.1, 0.15) is 13.3 Å². The van der Waals surface area contributed by atoms with Crippen LogP contribution in [0, 0.1) is 17.6 Å². The van der Waals surface area contributed by atoms with Crippen molar-refractivity contribution in [2.24, 2.45) is 5.92 Å². The van der Waals surface area contributed by atoms with Crippen LogP contribution in [-0.4, -0.2) is 39.7 Å². The molecule has 26 heavy (non-hydrogen) atoms. The summed E-state index contributed by atoms with van der Waals surface area (Å²) in [7, 11) is 0. The average Bonchev–Trinajstić information content (AvgIpc) is 3.07. The molecule has 1 saturated heterocycles. The van der Waals surface area contributed by atoms with Crippen molar-refractivity contribution in [3.8, 4) is 0 Å². The second-order valence-corrected chi connectivity index (χ2v) is 7.06. The van der Waals surface area contributed by atoms with Crippen LogP contribution in [0.25, 0.3) is 21.8 Å². The van der Waals surface area contributed by atoms with Gasteiger partial charge >= 0.3 is 0 Å². The molecule has 4 nitrogen and oxygen atoms in total. The Balaban J connectivity index is 1.70. The molecule has 2 heterocycles. The smallest absolute Gasteiger partial charge is 0.225 e. The molecule has 1 N–H and O–H groups in total. The van der Waals surface area contributed by atoms with E-state index < -0.39 is 17.7 Å². The highest BCUT2D eigenvalue weighted by Crippen LogP contribution is 2.30. The zero-order valence-electron chi connectivity index (χ0n) is 14.5. The maximum Gasteiger partial charge on any atom is 0.225 e. The number of likely N-dealkylation sites (tertiary alicyclic amines) is 1. The summed E-state index contributed by atoms with van der Waals surface area (Å²) >= 11 is 0. The lowest BCUT2D eigenvalue weighted by Crippen LogP contribution is -2.36. The largest absolute Gasteiger partial charge is 0.389 e. The van der Waals surface area contributed by atoms with Gasteiger partial charge in [-0.15, -0.1) is 0 Å². The summed E-state index contributed by atoms with van der Waals surface area (Å²) in [5, 5.41) is 11.8. The minimum absolute atomic E-state index is 0.00129. The first-order chi connectivity index (χ1) is 12.4. The Morgan fingerprint density at radius 3 is 2.15 bits per heavy atom. The average molecular weight is 358 g/mol. The number of benzene rings is 2. The SMILES string of the molecule is C[C@H]1CCN(C[C@H](O)Cn2c3ccc(F)cc3c3cc(F)ccc32)C1=O. The van der Waals surface area contributed by atoms with Crippen molar-refractivity contribution in [2.45, 2.75) is 26.0 Å². The van der Waals surface area contributed by atoms with Crippen molar-refractivity contribution in [3.63, 3.8) is 0 Å². The van der Waals surface area contributed by atoms with E-state index in [1.807, 2.05) is 11.5 Å². The van der Waals surface area contributed by atoms with E-state index in [0.717, 1.165) is 17.5 Å². The first-order valence-electron chi connectivity index (χ1n) is 8.78. The van der Waals surface area contributed by atoms with Gasteiger partial charge < -0.3 is 14.6 Å². The number of β-amino-alcohol motifs (C(OH)–C–C–N with tert-alkyl or cyclic N) is 1. The second kappa shape index (κ2) is 6.36. The van der Waals surface area contributed by atoms with Gasteiger partial charge in [0.15, 0.2) is 0 Å². The maximum atomic E-state index is 13.7. The van der Waals surface area contributed by atoms with E-state index in [2.05, 4.69) is 0 Å². The molecule has 0 spiro atoms. The van der Waals surface area contributed by atoms with E-state index in [9.17, 15) is 18.7 Å². The Bertz CT molecular complexity index is 939. The Morgan fingerprint density at radius 1 is 1.08 bits per heavy atom. The van der Waals surface area contributed by atoms with Crippen LogP contribution in [0.4, 0.5) is 8.78 Å². The van der Waals surface area contributed by atoms with Gasteiger partial charge in [0.05, 0.1) is 12.6 Å². The number of hydrogen-bond acceptors (Lipinski definition) is 2. The molecule has 1 fully saturated rings. The van der Waals surface area contributed by atoms with Gasteiger partial charge in [-0.3, -0.25) is 4.79 Å². The van der Waals surface area contributed by atoms with E-state index in [1.165, 1.54) is 24.3 Å². The van der Waals surface area contributed by atoms with Crippen molar-refractivity contribution in [3.05, 3.63) is 48.0 Å². The Hall–Kier alpha value is -2.47. The van der Waals surface area contributed by atoms with E-state index in [4.69, 9.17) is 0 Å². The second-order valence-electron chi connectivity index (χ2n) is 7.06. The fourth-order valence-corrected chi connectivity index (χ4v) is 3.84. The van der Waals surface area contributed by atoms with Crippen LogP contribution in [0.3, 0.4) is 0 Å². The van der Waals surface area contributed by atoms with Crippen LogP contribution >= 0.6 is 0 Å². The van der Waals surface area contributed by atoms with Crippen LogP contribution < -0.4 is 0 Å². The molecule has 0 saturated carbocycles. The van der Waals surface area contributed by atoms with Crippen LogP contribution in [0.15, 0.2) is 36.4 Å². The van der Waals surface area contributed by atoms with Crippen molar-refractivity contribution >= 4 is 27.7 Å². The van der Waals surface area contributed by atoms with Gasteiger partial charge in [-0.2, -0.15) is 0 Å². The molecule has 6 heteroatoms. The summed E-state index contributed by atoms with van der Waals surface area (Å²) in [5.74, 6) is -0.715. The monoisotopic (exact) mass is 358 g/mol. The molecule has 0 unspecified atom stereocenters. The van der Waals surface area contributed by atoms with Crippen molar-refractivity contribution in [2.75, 3.05) is 13.1 Å². The molecule has 1 amide bonds. The zero-order valence-corrected chi connectivity index (χ0v) is 14.5. The molecular weight excluding hydrogens is 338 g/mol. The highest BCUT2D eigenvalue weighted by Gasteiger charge is 2.29. The van der Waals surface area contributed by atoms with Crippen LogP contribution in [0.5, 0.6) is 0 Å². The molecule has 0 bridgehead atoms. The number of hydrogen-bond donors (Lipinski definition) is 1. The molecular formula is C20H20F2N2O2. The molecule has 4 rings (SSSR count). The lowest BCUT2D eigenvalue weighted by molar-refractivity contribution is -0.131. The number of fused-ring (bicyclic) bond motifs is 3. The summed E-state index contributed by atoms with van der Waals surface area (Å²) in [6.07, 6.45) is 0.0395. The number of rotatable bonds is 4. The lowest BCUT2D eigenvalue weighted by atomic mass is 10.1. The predicted octanol–water partition coefficient (Wildman–Crippen LogP) is 3.30. The van der Waals surface area contributed by atoms with Gasteiger partial charge in [0, 0.05) is 40.8 Å². The number of carbonyl (C=O) groups is 1. The van der Waals surface area contributed by atoms with E-state index in [0.29, 0.717) is 17.3 Å². The van der Waals surface area contributed by atoms with Gasteiger partial charge in [-0.05, 0) is 42.8 Å². The molecule has 1 aliphatic heterocycles. The Morgan fingerprint density at radius 2 is 1.65 bits per heavy atom. The molecule has 2 atom stereocenters.